The number of nitrogens with zero attached hydrogens (tertiary/aromatic N) is 4. The van der Waals surface area contributed by atoms with Crippen LogP contribution in [-0.4, -0.2) is 19.5 Å². The minimum atomic E-state index is -0.339. The second kappa shape index (κ2) is 7.74. The lowest BCUT2D eigenvalue weighted by Crippen LogP contribution is -2.24. The highest BCUT2D eigenvalue weighted by Gasteiger charge is 2.24. The number of para-hydroxylation sites is 1. The van der Waals surface area contributed by atoms with E-state index < -0.39 is 0 Å². The van der Waals surface area contributed by atoms with Gasteiger partial charge in [0.1, 0.15) is 11.3 Å². The summed E-state index contributed by atoms with van der Waals surface area (Å²) in [6.45, 7) is 8.29. The largest absolute Gasteiger partial charge is 0.324 e. The number of fused-ring (bicyclic) bond motifs is 1. The Bertz CT molecular complexity index is 1170. The molecule has 0 amide bonds. The molecule has 7 heteroatoms. The van der Waals surface area contributed by atoms with Crippen molar-refractivity contribution in [2.45, 2.75) is 39.7 Å². The molecule has 2 aromatic heterocycles. The molecule has 0 saturated carbocycles. The van der Waals surface area contributed by atoms with Crippen LogP contribution in [0.25, 0.3) is 11.2 Å². The van der Waals surface area contributed by atoms with E-state index >= 15 is 0 Å². The molecular formula is C23H25FN6. The number of halogens is 1. The van der Waals surface area contributed by atoms with Crippen LogP contribution in [0.3, 0.4) is 0 Å². The van der Waals surface area contributed by atoms with Crippen molar-refractivity contribution in [3.05, 3.63) is 66.1 Å². The van der Waals surface area contributed by atoms with Crippen LogP contribution in [0.1, 0.15) is 33.3 Å². The molecule has 0 aliphatic rings. The van der Waals surface area contributed by atoms with Crippen LogP contribution in [0.2, 0.25) is 0 Å². The zero-order chi connectivity index (χ0) is 21.3. The molecule has 0 aliphatic carbocycles. The molecule has 30 heavy (non-hydrogen) atoms. The van der Waals surface area contributed by atoms with Crippen molar-refractivity contribution in [1.29, 1.82) is 0 Å². The predicted molar refractivity (Wildman–Crippen MR) is 119 cm³/mol. The fourth-order valence-corrected chi connectivity index (χ4v) is 3.29. The molecule has 2 aromatic carbocycles. The second-order valence-electron chi connectivity index (χ2n) is 8.12. The van der Waals surface area contributed by atoms with Crippen molar-refractivity contribution >= 4 is 34.4 Å². The highest BCUT2D eigenvalue weighted by molar-refractivity contribution is 5.77. The summed E-state index contributed by atoms with van der Waals surface area (Å²) in [6.07, 6.45) is 2.67. The zero-order valence-electron chi connectivity index (χ0n) is 17.6. The highest BCUT2D eigenvalue weighted by atomic mass is 19.1. The number of hydrogen-bond acceptors (Lipinski definition) is 5. The van der Waals surface area contributed by atoms with Crippen molar-refractivity contribution in [1.82, 2.24) is 19.5 Å². The summed E-state index contributed by atoms with van der Waals surface area (Å²) in [5.74, 6) is 0.657. The third-order valence-electron chi connectivity index (χ3n) is 4.81. The van der Waals surface area contributed by atoms with Crippen LogP contribution in [0.15, 0.2) is 54.7 Å². The zero-order valence-corrected chi connectivity index (χ0v) is 17.6. The van der Waals surface area contributed by atoms with Gasteiger partial charge in [-0.05, 0) is 57.0 Å². The van der Waals surface area contributed by atoms with Crippen LogP contribution < -0.4 is 10.6 Å². The molecule has 0 aliphatic heterocycles. The summed E-state index contributed by atoms with van der Waals surface area (Å²) < 4.78 is 16.1. The maximum absolute atomic E-state index is 14.2. The average Bonchev–Trinajstić information content (AvgIpc) is 3.08. The number of benzene rings is 2. The first-order chi connectivity index (χ1) is 14.3. The smallest absolute Gasteiger partial charge is 0.229 e. The summed E-state index contributed by atoms with van der Waals surface area (Å²) in [5, 5.41) is 6.36. The SMILES string of the molecule is CCc1ccc(Nc2ncc3nc(Nc4ccccc4F)n(C(C)(C)C)c3n2)cc1. The van der Waals surface area contributed by atoms with E-state index in [0.29, 0.717) is 28.7 Å². The van der Waals surface area contributed by atoms with Crippen molar-refractivity contribution < 1.29 is 4.39 Å². The quantitative estimate of drug-likeness (QED) is 0.442. The lowest BCUT2D eigenvalue weighted by Gasteiger charge is -2.24. The average molecular weight is 404 g/mol. The van der Waals surface area contributed by atoms with Gasteiger partial charge in [-0.1, -0.05) is 31.2 Å². The normalized spacial score (nSPS) is 11.6. The molecule has 154 valence electrons. The van der Waals surface area contributed by atoms with E-state index in [1.165, 1.54) is 11.6 Å². The molecular weight excluding hydrogens is 379 g/mol. The summed E-state index contributed by atoms with van der Waals surface area (Å²) in [7, 11) is 0. The van der Waals surface area contributed by atoms with Crippen LogP contribution in [0, 0.1) is 5.82 Å². The first-order valence-corrected chi connectivity index (χ1v) is 9.98. The van der Waals surface area contributed by atoms with Crippen molar-refractivity contribution in [2.75, 3.05) is 10.6 Å². The molecule has 0 fully saturated rings. The fourth-order valence-electron chi connectivity index (χ4n) is 3.29. The molecule has 4 rings (SSSR count). The molecule has 4 aromatic rings. The fraction of sp³-hybridized carbons (Fsp3) is 0.261. The summed E-state index contributed by atoms with van der Waals surface area (Å²) >= 11 is 0. The Labute approximate surface area is 175 Å². The van der Waals surface area contributed by atoms with E-state index in [4.69, 9.17) is 4.98 Å². The van der Waals surface area contributed by atoms with Gasteiger partial charge < -0.3 is 10.6 Å². The van der Waals surface area contributed by atoms with E-state index in [-0.39, 0.29) is 11.4 Å². The van der Waals surface area contributed by atoms with E-state index in [2.05, 4.69) is 60.4 Å². The molecule has 2 N–H and O–H groups in total. The van der Waals surface area contributed by atoms with Gasteiger partial charge in [0.15, 0.2) is 5.65 Å². The van der Waals surface area contributed by atoms with Gasteiger partial charge in [-0.2, -0.15) is 4.98 Å². The monoisotopic (exact) mass is 404 g/mol. The van der Waals surface area contributed by atoms with Crippen molar-refractivity contribution in [2.24, 2.45) is 0 Å². The number of aromatic nitrogens is 4. The molecule has 0 radical (unpaired) electrons. The molecule has 6 nitrogen and oxygen atoms in total. The first kappa shape index (κ1) is 19.8. The number of hydrogen-bond donors (Lipinski definition) is 2. The second-order valence-corrected chi connectivity index (χ2v) is 8.12. The number of aryl methyl sites for hydroxylation is 1. The van der Waals surface area contributed by atoms with Gasteiger partial charge in [0, 0.05) is 11.2 Å². The van der Waals surface area contributed by atoms with E-state index in [1.807, 2.05) is 16.7 Å². The lowest BCUT2D eigenvalue weighted by atomic mass is 10.1. The summed E-state index contributed by atoms with van der Waals surface area (Å²) in [5.41, 5.74) is 3.52. The maximum Gasteiger partial charge on any atom is 0.229 e. The minimum absolute atomic E-state index is 0.337. The third-order valence-corrected chi connectivity index (χ3v) is 4.81. The van der Waals surface area contributed by atoms with Gasteiger partial charge in [-0.25, -0.2) is 14.4 Å². The van der Waals surface area contributed by atoms with Gasteiger partial charge in [0.2, 0.25) is 11.9 Å². The van der Waals surface area contributed by atoms with Crippen LogP contribution in [-0.2, 0) is 12.0 Å². The van der Waals surface area contributed by atoms with Crippen molar-refractivity contribution in [3.8, 4) is 0 Å². The molecule has 0 saturated heterocycles. The standard InChI is InChI=1S/C23H25FN6/c1-5-15-10-12-16(13-11-15)26-21-25-14-19-20(29-21)30(23(2,3)4)22(28-19)27-18-9-7-6-8-17(18)24/h6-14H,5H2,1-4H3,(H,27,28)(H,25,26,29). The number of rotatable bonds is 5. The highest BCUT2D eigenvalue weighted by Crippen LogP contribution is 2.30. The Morgan fingerprint density at radius 3 is 2.37 bits per heavy atom. The number of nitrogens with one attached hydrogen (secondary N) is 2. The summed E-state index contributed by atoms with van der Waals surface area (Å²) in [6, 6.07) is 14.7. The Morgan fingerprint density at radius 2 is 1.70 bits per heavy atom. The van der Waals surface area contributed by atoms with E-state index in [9.17, 15) is 4.39 Å². The Balaban J connectivity index is 1.74. The van der Waals surface area contributed by atoms with Gasteiger partial charge in [-0.3, -0.25) is 4.57 Å². The van der Waals surface area contributed by atoms with E-state index in [0.717, 1.165) is 12.1 Å². The molecule has 0 atom stereocenters. The Kier molecular flexibility index (Phi) is 5.11. The number of anilines is 4. The van der Waals surface area contributed by atoms with Crippen LogP contribution in [0.4, 0.5) is 27.7 Å². The molecule has 0 unspecified atom stereocenters. The van der Waals surface area contributed by atoms with Crippen LogP contribution >= 0.6 is 0 Å². The summed E-state index contributed by atoms with van der Waals surface area (Å²) in [4.78, 5) is 13.7. The van der Waals surface area contributed by atoms with Gasteiger partial charge in [-0.15, -0.1) is 0 Å². The molecule has 0 spiro atoms. The van der Waals surface area contributed by atoms with E-state index in [1.54, 1.807) is 24.4 Å². The lowest BCUT2D eigenvalue weighted by molar-refractivity contribution is 0.412. The maximum atomic E-state index is 14.2. The first-order valence-electron chi connectivity index (χ1n) is 9.98. The van der Waals surface area contributed by atoms with Gasteiger partial charge in [0.25, 0.3) is 0 Å². The Morgan fingerprint density at radius 1 is 0.967 bits per heavy atom. The minimum Gasteiger partial charge on any atom is -0.324 e. The van der Waals surface area contributed by atoms with Crippen LogP contribution in [0.5, 0.6) is 0 Å². The van der Waals surface area contributed by atoms with Gasteiger partial charge in [0.05, 0.1) is 11.9 Å². The Hall–Kier alpha value is -3.48. The molecule has 0 bridgehead atoms. The van der Waals surface area contributed by atoms with Crippen molar-refractivity contribution in [3.63, 3.8) is 0 Å². The predicted octanol–water partition coefficient (Wildman–Crippen LogP) is 5.77. The topological polar surface area (TPSA) is 67.7 Å². The number of imidazole rings is 1. The molecule has 2 heterocycles. The third kappa shape index (κ3) is 3.96. The van der Waals surface area contributed by atoms with Gasteiger partial charge >= 0.3 is 0 Å².